The Morgan fingerprint density at radius 3 is 2.67 bits per heavy atom. The van der Waals surface area contributed by atoms with Crippen LogP contribution in [0.2, 0.25) is 0 Å². The van der Waals surface area contributed by atoms with E-state index >= 15 is 0 Å². The van der Waals surface area contributed by atoms with E-state index in [2.05, 4.69) is 12.2 Å². The lowest BCUT2D eigenvalue weighted by Gasteiger charge is -2.18. The molecule has 0 saturated heterocycles. The van der Waals surface area contributed by atoms with Crippen molar-refractivity contribution in [3.05, 3.63) is 35.4 Å². The van der Waals surface area contributed by atoms with Crippen molar-refractivity contribution in [2.24, 2.45) is 0 Å². The molecule has 1 unspecified atom stereocenters. The molecular weight excluding hydrogens is 236 g/mol. The van der Waals surface area contributed by atoms with Crippen LogP contribution in [0.5, 0.6) is 0 Å². The highest BCUT2D eigenvalue weighted by atomic mass is 19.2. The highest BCUT2D eigenvalue weighted by Crippen LogP contribution is 2.12. The lowest BCUT2D eigenvalue weighted by molar-refractivity contribution is 0.182. The SMILES string of the molecule is CCCNC(CCOC)Cc1ccc(F)c(F)c1. The van der Waals surface area contributed by atoms with Crippen molar-refractivity contribution in [3.63, 3.8) is 0 Å². The number of methoxy groups -OCH3 is 1. The maximum Gasteiger partial charge on any atom is 0.159 e. The van der Waals surface area contributed by atoms with Gasteiger partial charge in [0.25, 0.3) is 0 Å². The largest absolute Gasteiger partial charge is 0.385 e. The van der Waals surface area contributed by atoms with E-state index < -0.39 is 11.6 Å². The van der Waals surface area contributed by atoms with Gasteiger partial charge in [0.05, 0.1) is 0 Å². The molecule has 18 heavy (non-hydrogen) atoms. The summed E-state index contributed by atoms with van der Waals surface area (Å²) in [6.07, 6.45) is 2.58. The zero-order valence-corrected chi connectivity index (χ0v) is 11.0. The third-order valence-corrected chi connectivity index (χ3v) is 2.82. The third-order valence-electron chi connectivity index (χ3n) is 2.82. The van der Waals surface area contributed by atoms with Crippen LogP contribution in [0.3, 0.4) is 0 Å². The number of benzene rings is 1. The molecule has 0 aromatic heterocycles. The van der Waals surface area contributed by atoms with Crippen LogP contribution in [0.25, 0.3) is 0 Å². The molecule has 102 valence electrons. The number of ether oxygens (including phenoxy) is 1. The van der Waals surface area contributed by atoms with E-state index in [0.717, 1.165) is 24.9 Å². The number of hydrogen-bond acceptors (Lipinski definition) is 2. The molecule has 2 nitrogen and oxygen atoms in total. The second kappa shape index (κ2) is 8.16. The van der Waals surface area contributed by atoms with Crippen molar-refractivity contribution in [2.75, 3.05) is 20.3 Å². The first-order valence-corrected chi connectivity index (χ1v) is 6.33. The molecule has 0 fully saturated rings. The first-order chi connectivity index (χ1) is 8.67. The fraction of sp³-hybridized carbons (Fsp3) is 0.571. The highest BCUT2D eigenvalue weighted by Gasteiger charge is 2.10. The molecule has 1 N–H and O–H groups in total. The number of halogens is 2. The summed E-state index contributed by atoms with van der Waals surface area (Å²) in [6, 6.07) is 4.31. The highest BCUT2D eigenvalue weighted by molar-refractivity contribution is 5.18. The van der Waals surface area contributed by atoms with Gasteiger partial charge in [-0.15, -0.1) is 0 Å². The van der Waals surface area contributed by atoms with Crippen molar-refractivity contribution < 1.29 is 13.5 Å². The Labute approximate surface area is 107 Å². The van der Waals surface area contributed by atoms with Crippen LogP contribution in [-0.2, 0) is 11.2 Å². The van der Waals surface area contributed by atoms with Crippen LogP contribution in [0.1, 0.15) is 25.3 Å². The lowest BCUT2D eigenvalue weighted by Crippen LogP contribution is -2.33. The summed E-state index contributed by atoms with van der Waals surface area (Å²) in [7, 11) is 1.66. The minimum atomic E-state index is -0.797. The van der Waals surface area contributed by atoms with Gasteiger partial charge < -0.3 is 10.1 Å². The van der Waals surface area contributed by atoms with Crippen molar-refractivity contribution in [3.8, 4) is 0 Å². The smallest absolute Gasteiger partial charge is 0.159 e. The van der Waals surface area contributed by atoms with Gasteiger partial charge in [-0.05, 0) is 43.5 Å². The second-order valence-corrected chi connectivity index (χ2v) is 4.39. The molecule has 0 radical (unpaired) electrons. The van der Waals surface area contributed by atoms with Crippen LogP contribution in [0.15, 0.2) is 18.2 Å². The van der Waals surface area contributed by atoms with Gasteiger partial charge in [-0.3, -0.25) is 0 Å². The fourth-order valence-electron chi connectivity index (χ4n) is 1.84. The average Bonchev–Trinajstić information content (AvgIpc) is 2.37. The van der Waals surface area contributed by atoms with Gasteiger partial charge in [-0.25, -0.2) is 8.78 Å². The van der Waals surface area contributed by atoms with E-state index in [9.17, 15) is 8.78 Å². The third kappa shape index (κ3) is 5.10. The van der Waals surface area contributed by atoms with Crippen molar-refractivity contribution in [2.45, 2.75) is 32.2 Å². The molecule has 0 bridgehead atoms. The van der Waals surface area contributed by atoms with Crippen LogP contribution in [-0.4, -0.2) is 26.3 Å². The normalized spacial score (nSPS) is 12.7. The molecule has 0 heterocycles. The van der Waals surface area contributed by atoms with E-state index in [1.165, 1.54) is 12.1 Å². The maximum atomic E-state index is 13.1. The summed E-state index contributed by atoms with van der Waals surface area (Å²) < 4.78 is 31.0. The van der Waals surface area contributed by atoms with Crippen LogP contribution in [0.4, 0.5) is 8.78 Å². The molecule has 1 atom stereocenters. The monoisotopic (exact) mass is 257 g/mol. The Hall–Kier alpha value is -1.00. The Morgan fingerprint density at radius 2 is 2.06 bits per heavy atom. The van der Waals surface area contributed by atoms with Crippen LogP contribution in [0, 0.1) is 11.6 Å². The zero-order valence-electron chi connectivity index (χ0n) is 11.0. The van der Waals surface area contributed by atoms with Crippen molar-refractivity contribution in [1.82, 2.24) is 5.32 Å². The fourth-order valence-corrected chi connectivity index (χ4v) is 1.84. The summed E-state index contributed by atoms with van der Waals surface area (Å²) in [5.41, 5.74) is 0.804. The topological polar surface area (TPSA) is 21.3 Å². The Kier molecular flexibility index (Phi) is 6.83. The minimum Gasteiger partial charge on any atom is -0.385 e. The predicted octanol–water partition coefficient (Wildman–Crippen LogP) is 2.91. The maximum absolute atomic E-state index is 13.1. The molecule has 0 amide bonds. The van der Waals surface area contributed by atoms with E-state index in [1.807, 2.05) is 0 Å². The number of hydrogen-bond donors (Lipinski definition) is 1. The molecular formula is C14H21F2NO. The molecule has 0 aliphatic rings. The Balaban J connectivity index is 2.59. The van der Waals surface area contributed by atoms with Gasteiger partial charge in [-0.1, -0.05) is 13.0 Å². The molecule has 0 aliphatic heterocycles. The molecule has 4 heteroatoms. The number of nitrogens with one attached hydrogen (secondary N) is 1. The van der Waals surface area contributed by atoms with Gasteiger partial charge in [0.1, 0.15) is 0 Å². The Bertz CT molecular complexity index is 350. The summed E-state index contributed by atoms with van der Waals surface area (Å²) in [6.45, 7) is 3.67. The molecule has 1 aromatic carbocycles. The lowest BCUT2D eigenvalue weighted by atomic mass is 10.0. The van der Waals surface area contributed by atoms with E-state index in [0.29, 0.717) is 13.0 Å². The van der Waals surface area contributed by atoms with Gasteiger partial charge in [-0.2, -0.15) is 0 Å². The quantitative estimate of drug-likeness (QED) is 0.773. The Morgan fingerprint density at radius 1 is 1.28 bits per heavy atom. The minimum absolute atomic E-state index is 0.231. The average molecular weight is 257 g/mol. The first kappa shape index (κ1) is 15.1. The standard InChI is InChI=1S/C14H21F2NO/c1-3-7-17-12(6-8-18-2)9-11-4-5-13(15)14(16)10-11/h4-5,10,12,17H,3,6-9H2,1-2H3. The van der Waals surface area contributed by atoms with Gasteiger partial charge in [0.15, 0.2) is 11.6 Å². The molecule has 0 aliphatic carbocycles. The van der Waals surface area contributed by atoms with Crippen molar-refractivity contribution >= 4 is 0 Å². The van der Waals surface area contributed by atoms with Crippen LogP contribution >= 0.6 is 0 Å². The van der Waals surface area contributed by atoms with Crippen LogP contribution < -0.4 is 5.32 Å². The number of rotatable bonds is 8. The van der Waals surface area contributed by atoms with Crippen molar-refractivity contribution in [1.29, 1.82) is 0 Å². The van der Waals surface area contributed by atoms with Gasteiger partial charge >= 0.3 is 0 Å². The van der Waals surface area contributed by atoms with Gasteiger partial charge in [0, 0.05) is 19.8 Å². The molecule has 1 rings (SSSR count). The van der Waals surface area contributed by atoms with E-state index in [4.69, 9.17) is 4.74 Å². The molecule has 0 spiro atoms. The first-order valence-electron chi connectivity index (χ1n) is 6.33. The second-order valence-electron chi connectivity index (χ2n) is 4.39. The molecule has 0 saturated carbocycles. The van der Waals surface area contributed by atoms with E-state index in [-0.39, 0.29) is 6.04 Å². The van der Waals surface area contributed by atoms with E-state index in [1.54, 1.807) is 13.2 Å². The summed E-state index contributed by atoms with van der Waals surface area (Å²) in [5, 5.41) is 3.39. The van der Waals surface area contributed by atoms with Gasteiger partial charge in [0.2, 0.25) is 0 Å². The summed E-state index contributed by atoms with van der Waals surface area (Å²) in [5.74, 6) is -1.58. The predicted molar refractivity (Wildman–Crippen MR) is 68.6 cm³/mol. The summed E-state index contributed by atoms with van der Waals surface area (Å²) >= 11 is 0. The zero-order chi connectivity index (χ0) is 13.4. The summed E-state index contributed by atoms with van der Waals surface area (Å²) in [4.78, 5) is 0. The molecule has 1 aromatic rings.